The van der Waals surface area contributed by atoms with E-state index in [0.717, 1.165) is 24.5 Å². The van der Waals surface area contributed by atoms with Gasteiger partial charge < -0.3 is 9.47 Å². The molecule has 0 heterocycles. The lowest BCUT2D eigenvalue weighted by molar-refractivity contribution is -0.114. The van der Waals surface area contributed by atoms with Gasteiger partial charge in [0.05, 0.1) is 6.10 Å². The van der Waals surface area contributed by atoms with Crippen molar-refractivity contribution in [3.8, 4) is 5.75 Å². The number of rotatable bonds is 13. The fourth-order valence-corrected chi connectivity index (χ4v) is 3.79. The normalized spacial score (nSPS) is 19.6. The minimum absolute atomic E-state index is 0.113. The van der Waals surface area contributed by atoms with Crippen LogP contribution in [0.1, 0.15) is 76.7 Å². The van der Waals surface area contributed by atoms with Crippen LogP contribution in [0.3, 0.4) is 0 Å². The molecule has 27 heavy (non-hydrogen) atoms. The molecule has 0 aliphatic heterocycles. The fourth-order valence-electron chi connectivity index (χ4n) is 3.79. The van der Waals surface area contributed by atoms with Gasteiger partial charge in [0.1, 0.15) is 5.75 Å². The Morgan fingerprint density at radius 3 is 2.52 bits per heavy atom. The van der Waals surface area contributed by atoms with Gasteiger partial charge in [-0.3, -0.25) is 4.79 Å². The van der Waals surface area contributed by atoms with Crippen LogP contribution in [0, 0.1) is 5.92 Å². The molecule has 0 spiro atoms. The molecule has 0 aromatic heterocycles. The van der Waals surface area contributed by atoms with Gasteiger partial charge in [-0.15, -0.1) is 0 Å². The molecule has 1 aliphatic carbocycles. The van der Waals surface area contributed by atoms with Crippen LogP contribution in [-0.4, -0.2) is 18.7 Å². The molecule has 0 unspecified atom stereocenters. The SMILES string of the molecule is C=CC(=O)CCCc1ccc(OCOC2CCC(CCCCC)CC2)cc1. The van der Waals surface area contributed by atoms with Crippen molar-refractivity contribution in [2.45, 2.75) is 83.7 Å². The van der Waals surface area contributed by atoms with Crippen LogP contribution < -0.4 is 4.74 Å². The van der Waals surface area contributed by atoms with Gasteiger partial charge in [0.25, 0.3) is 0 Å². The van der Waals surface area contributed by atoms with Crippen molar-refractivity contribution >= 4 is 5.78 Å². The van der Waals surface area contributed by atoms with Crippen LogP contribution in [0.4, 0.5) is 0 Å². The number of ether oxygens (including phenoxy) is 2. The van der Waals surface area contributed by atoms with Gasteiger partial charge in [-0.05, 0) is 68.2 Å². The molecule has 0 bridgehead atoms. The minimum atomic E-state index is 0.113. The standard InChI is InChI=1S/C24H36O3/c1-3-5-6-8-20-11-15-23(16-12-20)26-19-27-24-17-13-21(14-18-24)9-7-10-22(25)4-2/h4,13-14,17-18,20,23H,2-3,5-12,15-16,19H2,1H3. The third kappa shape index (κ3) is 8.75. The average molecular weight is 373 g/mol. The molecule has 1 aromatic rings. The lowest BCUT2D eigenvalue weighted by atomic mass is 9.84. The number of allylic oxidation sites excluding steroid dienone is 1. The number of benzene rings is 1. The van der Waals surface area contributed by atoms with Crippen LogP contribution >= 0.6 is 0 Å². The van der Waals surface area contributed by atoms with Crippen molar-refractivity contribution in [2.24, 2.45) is 5.92 Å². The summed E-state index contributed by atoms with van der Waals surface area (Å²) in [5.41, 5.74) is 1.22. The summed E-state index contributed by atoms with van der Waals surface area (Å²) in [4.78, 5) is 11.2. The highest BCUT2D eigenvalue weighted by atomic mass is 16.7. The second-order valence-corrected chi connectivity index (χ2v) is 7.74. The fraction of sp³-hybridized carbons (Fsp3) is 0.625. The molecule has 1 aliphatic rings. The number of ketones is 1. The molecule has 0 atom stereocenters. The Bertz CT molecular complexity index is 541. The van der Waals surface area contributed by atoms with E-state index in [1.165, 1.54) is 63.0 Å². The largest absolute Gasteiger partial charge is 0.468 e. The van der Waals surface area contributed by atoms with Crippen LogP contribution in [-0.2, 0) is 16.0 Å². The van der Waals surface area contributed by atoms with Crippen molar-refractivity contribution in [1.82, 2.24) is 0 Å². The quantitative estimate of drug-likeness (QED) is 0.233. The lowest BCUT2D eigenvalue weighted by Gasteiger charge is -2.28. The highest BCUT2D eigenvalue weighted by Crippen LogP contribution is 2.30. The first kappa shape index (κ1) is 21.7. The van der Waals surface area contributed by atoms with Crippen LogP contribution in [0.2, 0.25) is 0 Å². The summed E-state index contributed by atoms with van der Waals surface area (Å²) < 4.78 is 11.7. The van der Waals surface area contributed by atoms with E-state index in [0.29, 0.717) is 19.3 Å². The molecule has 0 amide bonds. The number of aryl methyl sites for hydroxylation is 1. The van der Waals surface area contributed by atoms with Crippen LogP contribution in [0.5, 0.6) is 5.75 Å². The Kier molecular flexibility index (Phi) is 10.2. The summed E-state index contributed by atoms with van der Waals surface area (Å²) in [6.45, 7) is 6.10. The predicted molar refractivity (Wildman–Crippen MR) is 111 cm³/mol. The Balaban J connectivity index is 1.58. The van der Waals surface area contributed by atoms with E-state index in [9.17, 15) is 4.79 Å². The summed E-state index contributed by atoms with van der Waals surface area (Å²) in [7, 11) is 0. The number of unbranched alkanes of at least 4 members (excludes halogenated alkanes) is 2. The number of carbonyl (C=O) groups excluding carboxylic acids is 1. The Morgan fingerprint density at radius 1 is 1.11 bits per heavy atom. The summed E-state index contributed by atoms with van der Waals surface area (Å²) >= 11 is 0. The van der Waals surface area contributed by atoms with E-state index in [-0.39, 0.29) is 5.78 Å². The molecule has 1 aromatic carbocycles. The van der Waals surface area contributed by atoms with E-state index in [1.807, 2.05) is 12.1 Å². The van der Waals surface area contributed by atoms with Crippen molar-refractivity contribution in [1.29, 1.82) is 0 Å². The lowest BCUT2D eigenvalue weighted by Crippen LogP contribution is -2.23. The zero-order valence-corrected chi connectivity index (χ0v) is 17.0. The molecule has 1 saturated carbocycles. The third-order valence-electron chi connectivity index (χ3n) is 5.58. The van der Waals surface area contributed by atoms with Gasteiger partial charge in [0.2, 0.25) is 0 Å². The van der Waals surface area contributed by atoms with Crippen molar-refractivity contribution < 1.29 is 14.3 Å². The second kappa shape index (κ2) is 12.7. The van der Waals surface area contributed by atoms with Gasteiger partial charge in [-0.1, -0.05) is 51.3 Å². The smallest absolute Gasteiger partial charge is 0.189 e. The van der Waals surface area contributed by atoms with Gasteiger partial charge in [0, 0.05) is 6.42 Å². The summed E-state index contributed by atoms with van der Waals surface area (Å²) in [5, 5.41) is 0. The van der Waals surface area contributed by atoms with Crippen LogP contribution in [0.25, 0.3) is 0 Å². The monoisotopic (exact) mass is 372 g/mol. The molecule has 150 valence electrons. The highest BCUT2D eigenvalue weighted by Gasteiger charge is 2.21. The molecule has 0 radical (unpaired) electrons. The van der Waals surface area contributed by atoms with E-state index < -0.39 is 0 Å². The van der Waals surface area contributed by atoms with E-state index in [1.54, 1.807) is 0 Å². The Morgan fingerprint density at radius 2 is 1.85 bits per heavy atom. The third-order valence-corrected chi connectivity index (χ3v) is 5.58. The first-order chi connectivity index (χ1) is 13.2. The van der Waals surface area contributed by atoms with Crippen molar-refractivity contribution in [2.75, 3.05) is 6.79 Å². The van der Waals surface area contributed by atoms with Gasteiger partial charge in [-0.2, -0.15) is 0 Å². The molecular weight excluding hydrogens is 336 g/mol. The van der Waals surface area contributed by atoms with Gasteiger partial charge in [-0.25, -0.2) is 0 Å². The number of hydrogen-bond acceptors (Lipinski definition) is 3. The molecular formula is C24H36O3. The molecule has 1 fully saturated rings. The molecule has 3 heteroatoms. The molecule has 0 saturated heterocycles. The molecule has 2 rings (SSSR count). The van der Waals surface area contributed by atoms with Gasteiger partial charge >= 0.3 is 0 Å². The van der Waals surface area contributed by atoms with E-state index in [4.69, 9.17) is 9.47 Å². The maximum absolute atomic E-state index is 11.2. The Labute approximate surface area is 165 Å². The Hall–Kier alpha value is -1.61. The number of carbonyl (C=O) groups is 1. The summed E-state index contributed by atoms with van der Waals surface area (Å²) in [5.74, 6) is 1.86. The minimum Gasteiger partial charge on any atom is -0.468 e. The summed E-state index contributed by atoms with van der Waals surface area (Å²) in [6, 6.07) is 8.10. The number of hydrogen-bond donors (Lipinski definition) is 0. The zero-order chi connectivity index (χ0) is 19.3. The maximum Gasteiger partial charge on any atom is 0.189 e. The molecule has 3 nitrogen and oxygen atoms in total. The second-order valence-electron chi connectivity index (χ2n) is 7.74. The van der Waals surface area contributed by atoms with Gasteiger partial charge in [0.15, 0.2) is 12.6 Å². The first-order valence-electron chi connectivity index (χ1n) is 10.7. The zero-order valence-electron chi connectivity index (χ0n) is 17.0. The van der Waals surface area contributed by atoms with Crippen LogP contribution in [0.15, 0.2) is 36.9 Å². The van der Waals surface area contributed by atoms with E-state index in [2.05, 4.69) is 25.6 Å². The average Bonchev–Trinajstić information content (AvgIpc) is 2.70. The maximum atomic E-state index is 11.2. The molecule has 0 N–H and O–H groups in total. The highest BCUT2D eigenvalue weighted by molar-refractivity contribution is 5.88. The predicted octanol–water partition coefficient (Wildman–Crippen LogP) is 6.26. The summed E-state index contributed by atoms with van der Waals surface area (Å²) in [6.07, 6.45) is 14.5. The first-order valence-corrected chi connectivity index (χ1v) is 10.7. The van der Waals surface area contributed by atoms with Crippen molar-refractivity contribution in [3.63, 3.8) is 0 Å². The topological polar surface area (TPSA) is 35.5 Å². The van der Waals surface area contributed by atoms with Crippen molar-refractivity contribution in [3.05, 3.63) is 42.5 Å². The van der Waals surface area contributed by atoms with E-state index >= 15 is 0 Å².